The summed E-state index contributed by atoms with van der Waals surface area (Å²) >= 11 is 0. The summed E-state index contributed by atoms with van der Waals surface area (Å²) in [5, 5.41) is 17.6. The van der Waals surface area contributed by atoms with Gasteiger partial charge in [0.25, 0.3) is 0 Å². The molecule has 3 N–H and O–H groups in total. The number of nitrogen functional groups attached to an aromatic ring is 1. The van der Waals surface area contributed by atoms with Crippen molar-refractivity contribution in [3.8, 4) is 0 Å². The molecule has 1 saturated heterocycles. The van der Waals surface area contributed by atoms with Crippen LogP contribution >= 0.6 is 0 Å². The van der Waals surface area contributed by atoms with E-state index in [0.29, 0.717) is 24.5 Å². The highest BCUT2D eigenvalue weighted by Gasteiger charge is 2.55. The predicted octanol–water partition coefficient (Wildman–Crippen LogP) is -0.346. The number of β-lactam (4-membered cyclic amide) rings is 1. The molecule has 0 spiro atoms. The number of urea groups is 1. The van der Waals surface area contributed by atoms with Crippen LogP contribution in [0.15, 0.2) is 18.3 Å². The molecule has 3 amide bonds. The summed E-state index contributed by atoms with van der Waals surface area (Å²) in [5.74, 6) is -0.884. The van der Waals surface area contributed by atoms with E-state index in [-0.39, 0.29) is 18.8 Å². The molecule has 2 aliphatic heterocycles. The van der Waals surface area contributed by atoms with Crippen LogP contribution in [0.1, 0.15) is 17.2 Å². The van der Waals surface area contributed by atoms with Crippen molar-refractivity contribution in [2.45, 2.75) is 32.5 Å². The summed E-state index contributed by atoms with van der Waals surface area (Å²) in [6.45, 7) is 2.86. The van der Waals surface area contributed by atoms with Gasteiger partial charge < -0.3 is 20.3 Å². The molecule has 4 heterocycles. The van der Waals surface area contributed by atoms with Crippen molar-refractivity contribution in [1.82, 2.24) is 29.5 Å². The van der Waals surface area contributed by atoms with Crippen LogP contribution in [0.3, 0.4) is 0 Å². The first-order chi connectivity index (χ1) is 13.4. The van der Waals surface area contributed by atoms with Gasteiger partial charge in [-0.2, -0.15) is 0 Å². The van der Waals surface area contributed by atoms with Crippen LogP contribution in [0.4, 0.5) is 10.6 Å². The summed E-state index contributed by atoms with van der Waals surface area (Å²) in [6, 6.07) is 1.44. The molecule has 4 rings (SSSR count). The zero-order valence-corrected chi connectivity index (χ0v) is 15.1. The summed E-state index contributed by atoms with van der Waals surface area (Å²) < 4.78 is 1.90. The highest BCUT2D eigenvalue weighted by molar-refractivity contribution is 6.07. The van der Waals surface area contributed by atoms with E-state index >= 15 is 0 Å². The molecule has 11 heteroatoms. The number of nitrogens with zero attached hydrogens (tertiary/aromatic N) is 6. The van der Waals surface area contributed by atoms with Gasteiger partial charge in [-0.25, -0.2) is 19.5 Å². The molecule has 2 aromatic heterocycles. The molecule has 2 atom stereocenters. The zero-order valence-electron chi connectivity index (χ0n) is 15.1. The number of hydrogen-bond acceptors (Lipinski definition) is 7. The van der Waals surface area contributed by atoms with Crippen LogP contribution in [0, 0.1) is 12.8 Å². The maximum Gasteiger partial charge on any atom is 0.328 e. The lowest BCUT2D eigenvalue weighted by Gasteiger charge is -2.45. The third kappa shape index (κ3) is 2.84. The lowest BCUT2D eigenvalue weighted by Crippen LogP contribution is -2.69. The van der Waals surface area contributed by atoms with Gasteiger partial charge in [0.15, 0.2) is 11.9 Å². The van der Waals surface area contributed by atoms with Gasteiger partial charge >= 0.3 is 12.0 Å². The molecule has 28 heavy (non-hydrogen) atoms. The number of amides is 3. The predicted molar refractivity (Wildman–Crippen MR) is 94.7 cm³/mol. The Balaban J connectivity index is 1.51. The second-order valence-corrected chi connectivity index (χ2v) is 6.91. The Morgan fingerprint density at radius 2 is 2.11 bits per heavy atom. The number of aryl methyl sites for hydroxylation is 1. The fourth-order valence-corrected chi connectivity index (χ4v) is 3.74. The minimum Gasteiger partial charge on any atom is -0.480 e. The van der Waals surface area contributed by atoms with Crippen LogP contribution in [0.2, 0.25) is 0 Å². The van der Waals surface area contributed by atoms with E-state index in [1.807, 2.05) is 11.5 Å². The van der Waals surface area contributed by atoms with E-state index in [2.05, 4.69) is 15.2 Å². The number of nitrogens with two attached hydrogens (primary N) is 1. The number of rotatable bonds is 3. The Hall–Kier alpha value is -3.50. The minimum atomic E-state index is -1.21. The molecular weight excluding hydrogens is 366 g/mol. The Morgan fingerprint density at radius 3 is 2.82 bits per heavy atom. The average molecular weight is 385 g/mol. The molecule has 0 bridgehead atoms. The van der Waals surface area contributed by atoms with Crippen LogP contribution in [-0.4, -0.2) is 65.1 Å². The summed E-state index contributed by atoms with van der Waals surface area (Å²) in [4.78, 5) is 43.4. The Bertz CT molecular complexity index is 972. The Morgan fingerprint density at radius 1 is 1.32 bits per heavy atom. The lowest BCUT2D eigenvalue weighted by molar-refractivity contribution is -0.166. The quantitative estimate of drug-likeness (QED) is 0.682. The smallest absolute Gasteiger partial charge is 0.328 e. The lowest BCUT2D eigenvalue weighted by atomic mass is 9.82. The maximum absolute atomic E-state index is 12.9. The van der Waals surface area contributed by atoms with Crippen molar-refractivity contribution in [2.24, 2.45) is 5.92 Å². The summed E-state index contributed by atoms with van der Waals surface area (Å²) in [7, 11) is 0. The van der Waals surface area contributed by atoms with Gasteiger partial charge in [-0.05, 0) is 31.0 Å². The third-order valence-corrected chi connectivity index (χ3v) is 5.18. The highest BCUT2D eigenvalue weighted by Crippen LogP contribution is 2.32. The number of pyridine rings is 1. The number of likely N-dealkylation sites (tertiary alicyclic amines) is 1. The van der Waals surface area contributed by atoms with Crippen molar-refractivity contribution >= 4 is 23.7 Å². The van der Waals surface area contributed by atoms with E-state index in [4.69, 9.17) is 5.73 Å². The standard InChI is InChI=1S/C17H19N7O4/c1-9-20-21-13-8-22(4-5-23(9)13)17(28)24-14(16(26)27)11(15(24)25)6-10-2-3-19-12(18)7-10/h2-3,7,11,14H,4-6,8H2,1H3,(H2,18,19)(H,26,27)/t11-,14+/m1/s1. The molecule has 0 saturated carbocycles. The molecule has 2 aliphatic rings. The third-order valence-electron chi connectivity index (χ3n) is 5.18. The molecule has 0 radical (unpaired) electrons. The van der Waals surface area contributed by atoms with Crippen LogP contribution in [0.5, 0.6) is 0 Å². The molecule has 11 nitrogen and oxygen atoms in total. The van der Waals surface area contributed by atoms with Gasteiger partial charge in [0.05, 0.1) is 12.5 Å². The van der Waals surface area contributed by atoms with Crippen LogP contribution in [-0.2, 0) is 29.1 Å². The van der Waals surface area contributed by atoms with Crippen molar-refractivity contribution in [2.75, 3.05) is 12.3 Å². The van der Waals surface area contributed by atoms with Gasteiger partial charge in [0.2, 0.25) is 5.91 Å². The van der Waals surface area contributed by atoms with E-state index in [0.717, 1.165) is 10.7 Å². The fourth-order valence-electron chi connectivity index (χ4n) is 3.74. The molecule has 1 fully saturated rings. The second-order valence-electron chi connectivity index (χ2n) is 6.91. The SMILES string of the molecule is Cc1nnc2n1CCN(C(=O)N1C(=O)[C@H](Cc3ccnc(N)c3)[C@H]1C(=O)O)C2. The number of fused-ring (bicyclic) bond motifs is 1. The first-order valence-electron chi connectivity index (χ1n) is 8.80. The van der Waals surface area contributed by atoms with E-state index in [9.17, 15) is 19.5 Å². The Kier molecular flexibility index (Phi) is 4.21. The van der Waals surface area contributed by atoms with Crippen molar-refractivity contribution in [3.63, 3.8) is 0 Å². The van der Waals surface area contributed by atoms with Crippen molar-refractivity contribution < 1.29 is 19.5 Å². The average Bonchev–Trinajstić information content (AvgIpc) is 3.03. The first kappa shape index (κ1) is 17.9. The molecule has 2 aromatic rings. The van der Waals surface area contributed by atoms with Gasteiger partial charge in [-0.15, -0.1) is 10.2 Å². The van der Waals surface area contributed by atoms with Crippen molar-refractivity contribution in [1.29, 1.82) is 0 Å². The number of carbonyl (C=O) groups excluding carboxylic acids is 2. The molecule has 146 valence electrons. The Labute approximate surface area is 159 Å². The highest BCUT2D eigenvalue weighted by atomic mass is 16.4. The van der Waals surface area contributed by atoms with E-state index in [1.54, 1.807) is 12.1 Å². The number of anilines is 1. The first-order valence-corrected chi connectivity index (χ1v) is 8.80. The number of imide groups is 1. The zero-order chi connectivity index (χ0) is 20.0. The van der Waals surface area contributed by atoms with E-state index in [1.165, 1.54) is 11.1 Å². The van der Waals surface area contributed by atoms with Gasteiger partial charge in [0, 0.05) is 19.3 Å². The number of carboxylic acids is 1. The number of hydrogen-bond donors (Lipinski definition) is 2. The molecule has 0 unspecified atom stereocenters. The van der Waals surface area contributed by atoms with Crippen LogP contribution in [0.25, 0.3) is 0 Å². The number of carboxylic acid groups (broad SMARTS) is 1. The monoisotopic (exact) mass is 385 g/mol. The normalized spacial score (nSPS) is 21.2. The van der Waals surface area contributed by atoms with Crippen LogP contribution < -0.4 is 5.73 Å². The molecular formula is C17H19N7O4. The van der Waals surface area contributed by atoms with Gasteiger partial charge in [-0.3, -0.25) is 4.79 Å². The largest absolute Gasteiger partial charge is 0.480 e. The number of carbonyl (C=O) groups is 3. The molecule has 0 aromatic carbocycles. The van der Waals surface area contributed by atoms with Gasteiger partial charge in [-0.1, -0.05) is 0 Å². The van der Waals surface area contributed by atoms with E-state index < -0.39 is 29.9 Å². The van der Waals surface area contributed by atoms with Crippen molar-refractivity contribution in [3.05, 3.63) is 35.5 Å². The minimum absolute atomic E-state index is 0.180. The topological polar surface area (TPSA) is 148 Å². The second kappa shape index (κ2) is 6.59. The maximum atomic E-state index is 12.9. The summed E-state index contributed by atoms with van der Waals surface area (Å²) in [5.41, 5.74) is 6.34. The number of aromatic nitrogens is 4. The summed E-state index contributed by atoms with van der Waals surface area (Å²) in [6.07, 6.45) is 1.68. The fraction of sp³-hybridized carbons (Fsp3) is 0.412. The molecule has 0 aliphatic carbocycles. The van der Waals surface area contributed by atoms with Gasteiger partial charge in [0.1, 0.15) is 11.6 Å². The number of aliphatic carboxylic acids is 1.